The molecule has 0 saturated heterocycles. The summed E-state index contributed by atoms with van der Waals surface area (Å²) in [6, 6.07) is 12.8. The van der Waals surface area contributed by atoms with Crippen molar-refractivity contribution in [1.82, 2.24) is 0 Å². The van der Waals surface area contributed by atoms with Gasteiger partial charge in [-0.25, -0.2) is 4.79 Å². The van der Waals surface area contributed by atoms with Gasteiger partial charge in [-0.05, 0) is 36.4 Å². The van der Waals surface area contributed by atoms with Gasteiger partial charge >= 0.3 is 11.9 Å². The van der Waals surface area contributed by atoms with Gasteiger partial charge in [0.1, 0.15) is 17.1 Å². The van der Waals surface area contributed by atoms with Crippen molar-refractivity contribution in [3.05, 3.63) is 54.1 Å². The van der Waals surface area contributed by atoms with Crippen molar-refractivity contribution in [2.24, 2.45) is 0 Å². The fraction of sp³-hybridized carbons (Fsp3) is 0.167. The van der Waals surface area contributed by atoms with Gasteiger partial charge in [0.05, 0.1) is 0 Å². The van der Waals surface area contributed by atoms with E-state index in [9.17, 15) is 14.4 Å². The number of ether oxygens (including phenoxy) is 2. The van der Waals surface area contributed by atoms with Gasteiger partial charge in [-0.2, -0.15) is 0 Å². The van der Waals surface area contributed by atoms with E-state index in [1.54, 1.807) is 43.4 Å². The predicted octanol–water partition coefficient (Wildman–Crippen LogP) is 2.81. The number of hydrogen-bond acceptors (Lipinski definition) is 5. The summed E-state index contributed by atoms with van der Waals surface area (Å²) in [5, 5.41) is 0. The Morgan fingerprint density at radius 2 is 1.50 bits per heavy atom. The predicted molar refractivity (Wildman–Crippen MR) is 88.2 cm³/mol. The number of para-hydroxylation sites is 1. The van der Waals surface area contributed by atoms with E-state index in [1.165, 1.54) is 30.9 Å². The molecule has 0 bridgehead atoms. The Balaban J connectivity index is 2.15. The number of nitrogens with zero attached hydrogens (tertiary/aromatic N) is 1. The quantitative estimate of drug-likeness (QED) is 0.638. The first-order valence-corrected chi connectivity index (χ1v) is 7.22. The first kappa shape index (κ1) is 17.2. The SMILES string of the molecule is CC(=O)Oc1ccccc1C(=O)Oc1ccc(N(C)C(C)=O)cc1. The van der Waals surface area contributed by atoms with E-state index in [0.717, 1.165) is 0 Å². The summed E-state index contributed by atoms with van der Waals surface area (Å²) in [7, 11) is 1.65. The van der Waals surface area contributed by atoms with Gasteiger partial charge in [0.2, 0.25) is 5.91 Å². The van der Waals surface area contributed by atoms with Crippen LogP contribution in [0.25, 0.3) is 0 Å². The number of rotatable bonds is 4. The summed E-state index contributed by atoms with van der Waals surface area (Å²) in [5.74, 6) is -0.803. The minimum atomic E-state index is -0.639. The average Bonchev–Trinajstić information content (AvgIpc) is 2.54. The molecule has 0 heterocycles. The molecule has 0 atom stereocenters. The van der Waals surface area contributed by atoms with Crippen LogP contribution in [0.5, 0.6) is 11.5 Å². The third-order valence-electron chi connectivity index (χ3n) is 3.27. The summed E-state index contributed by atoms with van der Waals surface area (Å²) in [5.41, 5.74) is 0.834. The topological polar surface area (TPSA) is 72.9 Å². The van der Waals surface area contributed by atoms with Gasteiger partial charge in [0.25, 0.3) is 0 Å². The number of esters is 2. The fourth-order valence-corrected chi connectivity index (χ4v) is 1.96. The van der Waals surface area contributed by atoms with Gasteiger partial charge in [-0.1, -0.05) is 12.1 Å². The molecule has 0 aromatic heterocycles. The van der Waals surface area contributed by atoms with Crippen molar-refractivity contribution in [2.45, 2.75) is 13.8 Å². The number of carbonyl (C=O) groups is 3. The standard InChI is InChI=1S/C18H17NO5/c1-12(20)19(3)14-8-10-15(11-9-14)24-18(22)16-6-4-5-7-17(16)23-13(2)21/h4-11H,1-3H3. The van der Waals surface area contributed by atoms with Crippen LogP contribution in [0.15, 0.2) is 48.5 Å². The van der Waals surface area contributed by atoms with E-state index >= 15 is 0 Å². The van der Waals surface area contributed by atoms with E-state index in [-0.39, 0.29) is 17.2 Å². The van der Waals surface area contributed by atoms with Gasteiger partial charge in [-0.3, -0.25) is 9.59 Å². The molecule has 2 aromatic rings. The van der Waals surface area contributed by atoms with Gasteiger partial charge < -0.3 is 14.4 Å². The molecule has 0 aliphatic carbocycles. The van der Waals surface area contributed by atoms with Crippen LogP contribution in [0, 0.1) is 0 Å². The molecule has 0 aliphatic rings. The maximum atomic E-state index is 12.3. The lowest BCUT2D eigenvalue weighted by Crippen LogP contribution is -2.22. The zero-order valence-corrected chi connectivity index (χ0v) is 13.6. The smallest absolute Gasteiger partial charge is 0.347 e. The maximum absolute atomic E-state index is 12.3. The number of amides is 1. The molecule has 0 aliphatic heterocycles. The Labute approximate surface area is 139 Å². The first-order chi connectivity index (χ1) is 11.4. The minimum Gasteiger partial charge on any atom is -0.426 e. The molecule has 0 spiro atoms. The highest BCUT2D eigenvalue weighted by Gasteiger charge is 2.16. The van der Waals surface area contributed by atoms with Crippen molar-refractivity contribution in [3.8, 4) is 11.5 Å². The molecule has 2 aromatic carbocycles. The van der Waals surface area contributed by atoms with Gasteiger partial charge in [-0.15, -0.1) is 0 Å². The van der Waals surface area contributed by atoms with Crippen LogP contribution in [-0.2, 0) is 9.59 Å². The molecule has 0 radical (unpaired) electrons. The van der Waals surface area contributed by atoms with Crippen molar-refractivity contribution >= 4 is 23.5 Å². The summed E-state index contributed by atoms with van der Waals surface area (Å²) in [4.78, 5) is 36.2. The van der Waals surface area contributed by atoms with Gasteiger partial charge in [0, 0.05) is 26.6 Å². The van der Waals surface area contributed by atoms with Crippen LogP contribution in [0.2, 0.25) is 0 Å². The highest BCUT2D eigenvalue weighted by molar-refractivity contribution is 5.95. The van der Waals surface area contributed by atoms with Crippen LogP contribution in [0.1, 0.15) is 24.2 Å². The van der Waals surface area contributed by atoms with Crippen LogP contribution < -0.4 is 14.4 Å². The number of hydrogen-bond donors (Lipinski definition) is 0. The zero-order valence-electron chi connectivity index (χ0n) is 13.6. The second-order valence-electron chi connectivity index (χ2n) is 5.05. The Morgan fingerprint density at radius 1 is 0.875 bits per heavy atom. The van der Waals surface area contributed by atoms with Crippen LogP contribution in [-0.4, -0.2) is 24.9 Å². The Bertz CT molecular complexity index is 767. The normalized spacial score (nSPS) is 9.96. The fourth-order valence-electron chi connectivity index (χ4n) is 1.96. The Hall–Kier alpha value is -3.15. The third-order valence-corrected chi connectivity index (χ3v) is 3.27. The van der Waals surface area contributed by atoms with Crippen molar-refractivity contribution in [1.29, 1.82) is 0 Å². The molecule has 0 fully saturated rings. The molecule has 6 heteroatoms. The molecule has 0 N–H and O–H groups in total. The lowest BCUT2D eigenvalue weighted by Gasteiger charge is -2.15. The minimum absolute atomic E-state index is 0.102. The Kier molecular flexibility index (Phi) is 5.31. The summed E-state index contributed by atoms with van der Waals surface area (Å²) in [6.45, 7) is 2.71. The van der Waals surface area contributed by atoms with E-state index < -0.39 is 11.9 Å². The monoisotopic (exact) mass is 327 g/mol. The lowest BCUT2D eigenvalue weighted by atomic mass is 10.2. The van der Waals surface area contributed by atoms with E-state index in [0.29, 0.717) is 11.4 Å². The zero-order chi connectivity index (χ0) is 17.7. The second kappa shape index (κ2) is 7.41. The van der Waals surface area contributed by atoms with Crippen LogP contribution >= 0.6 is 0 Å². The second-order valence-corrected chi connectivity index (χ2v) is 5.05. The lowest BCUT2D eigenvalue weighted by molar-refractivity contribution is -0.131. The van der Waals surface area contributed by atoms with Gasteiger partial charge in [0.15, 0.2) is 0 Å². The van der Waals surface area contributed by atoms with Crippen molar-refractivity contribution < 1.29 is 23.9 Å². The van der Waals surface area contributed by atoms with E-state index in [1.807, 2.05) is 0 Å². The molecule has 124 valence electrons. The third kappa shape index (κ3) is 4.19. The average molecular weight is 327 g/mol. The highest BCUT2D eigenvalue weighted by atomic mass is 16.5. The molecule has 1 amide bonds. The molecule has 0 unspecified atom stereocenters. The highest BCUT2D eigenvalue weighted by Crippen LogP contribution is 2.23. The molecule has 2 rings (SSSR count). The van der Waals surface area contributed by atoms with Crippen LogP contribution in [0.3, 0.4) is 0 Å². The summed E-state index contributed by atoms with van der Waals surface area (Å²) >= 11 is 0. The van der Waals surface area contributed by atoms with Crippen LogP contribution in [0.4, 0.5) is 5.69 Å². The molecular weight excluding hydrogens is 310 g/mol. The summed E-state index contributed by atoms with van der Waals surface area (Å²) < 4.78 is 10.3. The Morgan fingerprint density at radius 3 is 2.08 bits per heavy atom. The van der Waals surface area contributed by atoms with Crippen molar-refractivity contribution in [3.63, 3.8) is 0 Å². The maximum Gasteiger partial charge on any atom is 0.347 e. The number of anilines is 1. The number of benzene rings is 2. The molecule has 0 saturated carbocycles. The first-order valence-electron chi connectivity index (χ1n) is 7.22. The molecule has 6 nitrogen and oxygen atoms in total. The van der Waals surface area contributed by atoms with E-state index in [4.69, 9.17) is 9.47 Å². The van der Waals surface area contributed by atoms with E-state index in [2.05, 4.69) is 0 Å². The largest absolute Gasteiger partial charge is 0.426 e. The van der Waals surface area contributed by atoms with Crippen molar-refractivity contribution in [2.75, 3.05) is 11.9 Å². The summed E-state index contributed by atoms with van der Waals surface area (Å²) in [6.07, 6.45) is 0. The molecule has 24 heavy (non-hydrogen) atoms. The number of carbonyl (C=O) groups excluding carboxylic acids is 3. The molecular formula is C18H17NO5.